The standard InChI is InChI=1S/C16H14N4O5S/c21-16(22)12-10-26-15(18-12)11-8-17-19(9-11)6-3-7-25-14-5-2-1-4-13(14)20(23)24/h1-2,4-5,8-10H,3,6-7H2,(H,21,22). The largest absolute Gasteiger partial charge is 0.487 e. The van der Waals surface area contributed by atoms with Crippen molar-refractivity contribution in [1.29, 1.82) is 0 Å². The highest BCUT2D eigenvalue weighted by Crippen LogP contribution is 2.26. The molecule has 2 aromatic heterocycles. The summed E-state index contributed by atoms with van der Waals surface area (Å²) < 4.78 is 7.18. The third kappa shape index (κ3) is 4.03. The van der Waals surface area contributed by atoms with E-state index in [1.807, 2.05) is 0 Å². The van der Waals surface area contributed by atoms with E-state index in [1.165, 1.54) is 22.8 Å². The number of hydrogen-bond acceptors (Lipinski definition) is 7. The van der Waals surface area contributed by atoms with Crippen LogP contribution in [0, 0.1) is 10.1 Å². The van der Waals surface area contributed by atoms with Gasteiger partial charge in [-0.05, 0) is 6.07 Å². The maximum atomic E-state index is 10.9. The number of nitro groups is 1. The van der Waals surface area contributed by atoms with E-state index >= 15 is 0 Å². The first-order chi connectivity index (χ1) is 12.5. The summed E-state index contributed by atoms with van der Waals surface area (Å²) >= 11 is 1.24. The molecule has 10 heteroatoms. The third-order valence-corrected chi connectivity index (χ3v) is 4.35. The minimum Gasteiger partial charge on any atom is -0.487 e. The number of para-hydroxylation sites is 2. The van der Waals surface area contributed by atoms with Gasteiger partial charge in [-0.25, -0.2) is 9.78 Å². The molecule has 0 aliphatic heterocycles. The summed E-state index contributed by atoms with van der Waals surface area (Å²) in [6, 6.07) is 6.23. The van der Waals surface area contributed by atoms with Gasteiger partial charge in [-0.1, -0.05) is 12.1 Å². The van der Waals surface area contributed by atoms with Crippen LogP contribution < -0.4 is 4.74 Å². The molecule has 0 saturated heterocycles. The van der Waals surface area contributed by atoms with Gasteiger partial charge in [0, 0.05) is 36.2 Å². The van der Waals surface area contributed by atoms with Gasteiger partial charge in [-0.3, -0.25) is 14.8 Å². The van der Waals surface area contributed by atoms with E-state index in [0.29, 0.717) is 24.6 Å². The molecular weight excluding hydrogens is 360 g/mol. The summed E-state index contributed by atoms with van der Waals surface area (Å²) in [5, 5.41) is 26.1. The lowest BCUT2D eigenvalue weighted by Gasteiger charge is -2.06. The van der Waals surface area contributed by atoms with Crippen LogP contribution in [0.4, 0.5) is 5.69 Å². The average molecular weight is 374 g/mol. The van der Waals surface area contributed by atoms with Crippen molar-refractivity contribution in [3.8, 4) is 16.3 Å². The van der Waals surface area contributed by atoms with Crippen molar-refractivity contribution < 1.29 is 19.6 Å². The maximum absolute atomic E-state index is 10.9. The quantitative estimate of drug-likeness (QED) is 0.365. The van der Waals surface area contributed by atoms with E-state index in [1.54, 1.807) is 35.3 Å². The molecule has 0 unspecified atom stereocenters. The van der Waals surface area contributed by atoms with Crippen LogP contribution in [0.15, 0.2) is 42.0 Å². The number of carboxylic acid groups (broad SMARTS) is 1. The Labute approximate surface area is 151 Å². The monoisotopic (exact) mass is 374 g/mol. The highest BCUT2D eigenvalue weighted by atomic mass is 32.1. The van der Waals surface area contributed by atoms with Crippen LogP contribution in [0.25, 0.3) is 10.6 Å². The predicted octanol–water partition coefficient (Wildman–Crippen LogP) is 3.08. The highest BCUT2D eigenvalue weighted by Gasteiger charge is 2.14. The Morgan fingerprint density at radius 2 is 2.19 bits per heavy atom. The molecule has 2 heterocycles. The first-order valence-corrected chi connectivity index (χ1v) is 8.50. The van der Waals surface area contributed by atoms with Gasteiger partial charge in [-0.2, -0.15) is 5.10 Å². The van der Waals surface area contributed by atoms with Crippen molar-refractivity contribution in [2.24, 2.45) is 0 Å². The second kappa shape index (κ2) is 7.74. The molecule has 134 valence electrons. The summed E-state index contributed by atoms with van der Waals surface area (Å²) in [5.74, 6) is -0.824. The molecule has 0 amide bonds. The fraction of sp³-hybridized carbons (Fsp3) is 0.188. The van der Waals surface area contributed by atoms with E-state index < -0.39 is 10.9 Å². The lowest BCUT2D eigenvalue weighted by Crippen LogP contribution is -2.05. The number of carbonyl (C=O) groups is 1. The molecule has 9 nitrogen and oxygen atoms in total. The fourth-order valence-electron chi connectivity index (χ4n) is 2.24. The fourth-order valence-corrected chi connectivity index (χ4v) is 3.01. The van der Waals surface area contributed by atoms with Crippen molar-refractivity contribution >= 4 is 23.0 Å². The zero-order valence-corrected chi connectivity index (χ0v) is 14.3. The predicted molar refractivity (Wildman–Crippen MR) is 93.5 cm³/mol. The number of hydrogen-bond donors (Lipinski definition) is 1. The highest BCUT2D eigenvalue weighted by molar-refractivity contribution is 7.13. The Morgan fingerprint density at radius 1 is 1.38 bits per heavy atom. The van der Waals surface area contributed by atoms with Crippen LogP contribution in [0.2, 0.25) is 0 Å². The summed E-state index contributed by atoms with van der Waals surface area (Å²) in [6.45, 7) is 0.859. The van der Waals surface area contributed by atoms with E-state index in [9.17, 15) is 14.9 Å². The SMILES string of the molecule is O=C(O)c1csc(-c2cnn(CCCOc3ccccc3[N+](=O)[O-])c2)n1. The minimum absolute atomic E-state index is 0.00982. The molecule has 3 rings (SSSR count). The summed E-state index contributed by atoms with van der Waals surface area (Å²) in [7, 11) is 0. The van der Waals surface area contributed by atoms with Gasteiger partial charge in [0.2, 0.25) is 0 Å². The molecule has 1 N–H and O–H groups in total. The van der Waals surface area contributed by atoms with Gasteiger partial charge in [0.15, 0.2) is 11.4 Å². The third-order valence-electron chi connectivity index (χ3n) is 3.45. The molecule has 1 aromatic carbocycles. The van der Waals surface area contributed by atoms with Crippen molar-refractivity contribution in [3.05, 3.63) is 57.8 Å². The Hall–Kier alpha value is -3.27. The van der Waals surface area contributed by atoms with Gasteiger partial charge in [0.05, 0.1) is 17.7 Å². The van der Waals surface area contributed by atoms with E-state index in [-0.39, 0.29) is 17.1 Å². The second-order valence-electron chi connectivity index (χ2n) is 5.26. The second-order valence-corrected chi connectivity index (χ2v) is 6.12. The number of aromatic nitrogens is 3. The van der Waals surface area contributed by atoms with Crippen LogP contribution in [0.5, 0.6) is 5.75 Å². The van der Waals surface area contributed by atoms with E-state index in [2.05, 4.69) is 10.1 Å². The van der Waals surface area contributed by atoms with Gasteiger partial charge in [0.25, 0.3) is 0 Å². The van der Waals surface area contributed by atoms with E-state index in [0.717, 1.165) is 5.56 Å². The van der Waals surface area contributed by atoms with Crippen molar-refractivity contribution in [2.45, 2.75) is 13.0 Å². The van der Waals surface area contributed by atoms with Crippen molar-refractivity contribution in [2.75, 3.05) is 6.61 Å². The number of rotatable bonds is 8. The van der Waals surface area contributed by atoms with Gasteiger partial charge in [-0.15, -0.1) is 11.3 Å². The molecule has 3 aromatic rings. The molecule has 0 saturated carbocycles. The van der Waals surface area contributed by atoms with Gasteiger partial charge >= 0.3 is 11.7 Å². The van der Waals surface area contributed by atoms with Crippen LogP contribution in [0.3, 0.4) is 0 Å². The molecule has 0 bridgehead atoms. The number of carboxylic acids is 1. The molecule has 0 atom stereocenters. The zero-order chi connectivity index (χ0) is 18.5. The Kier molecular flexibility index (Phi) is 5.23. The number of aromatic carboxylic acids is 1. The van der Waals surface area contributed by atoms with Crippen molar-refractivity contribution in [1.82, 2.24) is 14.8 Å². The lowest BCUT2D eigenvalue weighted by molar-refractivity contribution is -0.385. The number of nitrogens with zero attached hydrogens (tertiary/aromatic N) is 4. The maximum Gasteiger partial charge on any atom is 0.355 e. The number of thiazole rings is 1. The first kappa shape index (κ1) is 17.5. The average Bonchev–Trinajstić information content (AvgIpc) is 3.28. The number of nitro benzene ring substituents is 1. The van der Waals surface area contributed by atoms with E-state index in [4.69, 9.17) is 9.84 Å². The Bertz CT molecular complexity index is 936. The lowest BCUT2D eigenvalue weighted by atomic mass is 10.3. The summed E-state index contributed by atoms with van der Waals surface area (Å²) in [4.78, 5) is 25.4. The number of benzene rings is 1. The number of aryl methyl sites for hydroxylation is 1. The smallest absolute Gasteiger partial charge is 0.355 e. The van der Waals surface area contributed by atoms with Crippen LogP contribution in [-0.2, 0) is 6.54 Å². The first-order valence-electron chi connectivity index (χ1n) is 7.62. The number of ether oxygens (including phenoxy) is 1. The topological polar surface area (TPSA) is 120 Å². The Balaban J connectivity index is 1.54. The van der Waals surface area contributed by atoms with Crippen LogP contribution >= 0.6 is 11.3 Å². The Morgan fingerprint density at radius 3 is 2.92 bits per heavy atom. The molecule has 26 heavy (non-hydrogen) atoms. The molecule has 0 spiro atoms. The molecule has 0 aliphatic rings. The zero-order valence-electron chi connectivity index (χ0n) is 13.4. The molecule has 0 aliphatic carbocycles. The summed E-state index contributed by atoms with van der Waals surface area (Å²) in [6.07, 6.45) is 3.99. The summed E-state index contributed by atoms with van der Waals surface area (Å²) in [5.41, 5.74) is 0.685. The van der Waals surface area contributed by atoms with Gasteiger partial charge < -0.3 is 9.84 Å². The van der Waals surface area contributed by atoms with Crippen LogP contribution in [0.1, 0.15) is 16.9 Å². The van der Waals surface area contributed by atoms with Crippen molar-refractivity contribution in [3.63, 3.8) is 0 Å². The molecular formula is C16H14N4O5S. The van der Waals surface area contributed by atoms with Crippen LogP contribution in [-0.4, -0.2) is 37.4 Å². The van der Waals surface area contributed by atoms with Gasteiger partial charge in [0.1, 0.15) is 5.01 Å². The minimum atomic E-state index is -1.06. The molecule has 0 radical (unpaired) electrons. The normalized spacial score (nSPS) is 10.6. The molecule has 0 fully saturated rings.